The minimum atomic E-state index is -0.389. The Labute approximate surface area is 234 Å². The fourth-order valence-electron chi connectivity index (χ4n) is 5.40. The summed E-state index contributed by atoms with van der Waals surface area (Å²) < 4.78 is 21.8. The number of rotatable bonds is 10. The van der Waals surface area contributed by atoms with Crippen LogP contribution in [-0.4, -0.2) is 73.6 Å². The van der Waals surface area contributed by atoms with E-state index in [1.165, 1.54) is 11.6 Å². The van der Waals surface area contributed by atoms with Crippen LogP contribution in [0.1, 0.15) is 42.5 Å². The molecule has 3 heterocycles. The first-order valence-corrected chi connectivity index (χ1v) is 13.9. The van der Waals surface area contributed by atoms with Crippen LogP contribution in [0.25, 0.3) is 17.0 Å². The molecule has 9 heteroatoms. The molecular formula is C31H37N3O6. The van der Waals surface area contributed by atoms with Gasteiger partial charge in [0.25, 0.3) is 0 Å². The fourth-order valence-corrected chi connectivity index (χ4v) is 5.40. The van der Waals surface area contributed by atoms with Crippen LogP contribution in [0.3, 0.4) is 0 Å². The van der Waals surface area contributed by atoms with Crippen LogP contribution < -0.4 is 19.5 Å². The number of methoxy groups -OCH3 is 1. The van der Waals surface area contributed by atoms with E-state index >= 15 is 0 Å². The van der Waals surface area contributed by atoms with Crippen LogP contribution in [0.2, 0.25) is 0 Å². The molecule has 40 heavy (non-hydrogen) atoms. The van der Waals surface area contributed by atoms with Crippen LogP contribution in [0, 0.1) is 0 Å². The zero-order chi connectivity index (χ0) is 27.9. The molecule has 0 saturated carbocycles. The molecule has 0 radical (unpaired) electrons. The molecule has 1 aromatic heterocycles. The number of benzene rings is 2. The van der Waals surface area contributed by atoms with Gasteiger partial charge >= 0.3 is 5.97 Å². The number of aromatic nitrogens is 1. The fraction of sp³-hybridized carbons (Fsp3) is 0.419. The zero-order valence-corrected chi connectivity index (χ0v) is 23.1. The van der Waals surface area contributed by atoms with Gasteiger partial charge in [-0.05, 0) is 60.7 Å². The summed E-state index contributed by atoms with van der Waals surface area (Å²) in [5, 5.41) is 15.1. The van der Waals surface area contributed by atoms with Crippen molar-refractivity contribution in [1.29, 1.82) is 0 Å². The molecule has 5 rings (SSSR count). The Morgan fingerprint density at radius 1 is 1.15 bits per heavy atom. The third kappa shape index (κ3) is 6.38. The molecule has 9 nitrogen and oxygen atoms in total. The molecule has 0 spiro atoms. The summed E-state index contributed by atoms with van der Waals surface area (Å²) in [4.78, 5) is 19.0. The van der Waals surface area contributed by atoms with Gasteiger partial charge in [0.15, 0.2) is 11.5 Å². The molecule has 1 atom stereocenters. The van der Waals surface area contributed by atoms with Gasteiger partial charge in [-0.2, -0.15) is 0 Å². The van der Waals surface area contributed by atoms with Crippen molar-refractivity contribution in [2.24, 2.45) is 0 Å². The van der Waals surface area contributed by atoms with Gasteiger partial charge in [-0.25, -0.2) is 9.78 Å². The van der Waals surface area contributed by atoms with Crippen molar-refractivity contribution < 1.29 is 28.8 Å². The Kier molecular flexibility index (Phi) is 9.15. The first-order chi connectivity index (χ1) is 19.6. The average Bonchev–Trinajstić information content (AvgIpc) is 3.00. The van der Waals surface area contributed by atoms with E-state index in [0.717, 1.165) is 66.0 Å². The lowest BCUT2D eigenvalue weighted by atomic mass is 9.95. The van der Waals surface area contributed by atoms with Crippen molar-refractivity contribution in [3.63, 3.8) is 0 Å². The van der Waals surface area contributed by atoms with E-state index in [4.69, 9.17) is 23.9 Å². The number of nitrogens with zero attached hydrogens (tertiary/aromatic N) is 2. The lowest BCUT2D eigenvalue weighted by Crippen LogP contribution is -2.44. The highest BCUT2D eigenvalue weighted by Gasteiger charge is 2.27. The molecular weight excluding hydrogens is 510 g/mol. The number of carbonyl (C=O) groups is 1. The summed E-state index contributed by atoms with van der Waals surface area (Å²) in [5.41, 5.74) is 3.71. The number of carbonyl (C=O) groups excluding carboxylic acids is 1. The number of aliphatic hydroxyl groups is 1. The van der Waals surface area contributed by atoms with Gasteiger partial charge in [0.05, 0.1) is 31.9 Å². The number of ether oxygens (including phenoxy) is 4. The van der Waals surface area contributed by atoms with Crippen molar-refractivity contribution in [1.82, 2.24) is 15.2 Å². The van der Waals surface area contributed by atoms with Gasteiger partial charge in [0.2, 0.25) is 5.88 Å². The molecule has 212 valence electrons. The largest absolute Gasteiger partial charge is 0.486 e. The molecule has 0 amide bonds. The van der Waals surface area contributed by atoms with E-state index in [-0.39, 0.29) is 18.6 Å². The summed E-state index contributed by atoms with van der Waals surface area (Å²) in [6, 6.07) is 14.0. The highest BCUT2D eigenvalue weighted by atomic mass is 16.6. The van der Waals surface area contributed by atoms with Gasteiger partial charge in [-0.1, -0.05) is 18.2 Å². The molecule has 0 bridgehead atoms. The summed E-state index contributed by atoms with van der Waals surface area (Å²) >= 11 is 0. The molecule has 1 fully saturated rings. The number of fused-ring (bicyclic) bond motifs is 2. The SMILES string of the molecule is CCOC(=O)/C=C/c1ccc(C(CO)N2CCC(NCc3ccc4c(c3)OCCO4)CC2)c2nc(OC)ccc12. The maximum Gasteiger partial charge on any atom is 0.330 e. The second kappa shape index (κ2) is 13.1. The van der Waals surface area contributed by atoms with Crippen molar-refractivity contribution in [3.8, 4) is 17.4 Å². The molecule has 1 saturated heterocycles. The second-order valence-corrected chi connectivity index (χ2v) is 9.95. The Morgan fingerprint density at radius 2 is 1.95 bits per heavy atom. The topological polar surface area (TPSA) is 102 Å². The number of pyridine rings is 1. The highest BCUT2D eigenvalue weighted by Crippen LogP contribution is 2.33. The lowest BCUT2D eigenvalue weighted by Gasteiger charge is -2.37. The summed E-state index contributed by atoms with van der Waals surface area (Å²) in [5.74, 6) is 1.73. The van der Waals surface area contributed by atoms with E-state index < -0.39 is 0 Å². The zero-order valence-electron chi connectivity index (χ0n) is 23.1. The summed E-state index contributed by atoms with van der Waals surface area (Å²) in [6.07, 6.45) is 5.10. The van der Waals surface area contributed by atoms with Crippen LogP contribution in [-0.2, 0) is 16.1 Å². The monoisotopic (exact) mass is 547 g/mol. The van der Waals surface area contributed by atoms with Gasteiger partial charge in [-0.15, -0.1) is 0 Å². The van der Waals surface area contributed by atoms with Crippen LogP contribution in [0.5, 0.6) is 17.4 Å². The summed E-state index contributed by atoms with van der Waals surface area (Å²) in [6.45, 7) is 5.71. The number of nitrogens with one attached hydrogen (secondary N) is 1. The van der Waals surface area contributed by atoms with E-state index in [1.54, 1.807) is 26.2 Å². The number of esters is 1. The van der Waals surface area contributed by atoms with E-state index in [9.17, 15) is 9.90 Å². The number of hydrogen-bond donors (Lipinski definition) is 2. The predicted molar refractivity (Wildman–Crippen MR) is 153 cm³/mol. The maximum atomic E-state index is 11.9. The Balaban J connectivity index is 1.28. The number of hydrogen-bond acceptors (Lipinski definition) is 9. The van der Waals surface area contributed by atoms with E-state index in [2.05, 4.69) is 22.3 Å². The molecule has 2 N–H and O–H groups in total. The minimum absolute atomic E-state index is 0.0265. The van der Waals surface area contributed by atoms with Crippen molar-refractivity contribution in [2.75, 3.05) is 46.6 Å². The van der Waals surface area contributed by atoms with Crippen LogP contribution >= 0.6 is 0 Å². The minimum Gasteiger partial charge on any atom is -0.486 e. The van der Waals surface area contributed by atoms with Crippen molar-refractivity contribution in [3.05, 3.63) is 65.2 Å². The molecule has 3 aromatic rings. The first-order valence-electron chi connectivity index (χ1n) is 13.9. The second-order valence-electron chi connectivity index (χ2n) is 9.95. The highest BCUT2D eigenvalue weighted by molar-refractivity contribution is 5.95. The molecule has 2 aliphatic heterocycles. The van der Waals surface area contributed by atoms with Crippen molar-refractivity contribution >= 4 is 22.9 Å². The first kappa shape index (κ1) is 27.9. The number of likely N-dealkylation sites (tertiary alicyclic amines) is 1. The third-order valence-electron chi connectivity index (χ3n) is 7.49. The quantitative estimate of drug-likeness (QED) is 0.289. The Bertz CT molecular complexity index is 1350. The van der Waals surface area contributed by atoms with Crippen LogP contribution in [0.15, 0.2) is 48.5 Å². The van der Waals surface area contributed by atoms with Gasteiger partial charge in [0.1, 0.15) is 13.2 Å². The van der Waals surface area contributed by atoms with Gasteiger partial charge in [-0.3, -0.25) is 4.90 Å². The standard InChI is InChI=1S/C31H37N3O6/c1-3-38-30(36)11-6-22-5-7-25(31-24(22)8-10-29(33-31)37-2)26(20-35)34-14-12-23(13-15-34)32-19-21-4-9-27-28(18-21)40-17-16-39-27/h4-11,18,23,26,32,35H,3,12-17,19-20H2,1-2H3/b11-6+. The van der Waals surface area contributed by atoms with Gasteiger partial charge < -0.3 is 29.4 Å². The van der Waals surface area contributed by atoms with E-state index in [1.807, 2.05) is 24.3 Å². The normalized spacial score (nSPS) is 16.8. The Morgan fingerprint density at radius 3 is 2.70 bits per heavy atom. The molecule has 0 aliphatic carbocycles. The molecule has 2 aromatic carbocycles. The maximum absolute atomic E-state index is 11.9. The number of piperidine rings is 1. The van der Waals surface area contributed by atoms with Crippen molar-refractivity contribution in [2.45, 2.75) is 38.4 Å². The third-order valence-corrected chi connectivity index (χ3v) is 7.49. The van der Waals surface area contributed by atoms with E-state index in [0.29, 0.717) is 31.7 Å². The molecule has 1 unspecified atom stereocenters. The molecule has 2 aliphatic rings. The van der Waals surface area contributed by atoms with Crippen LogP contribution in [0.4, 0.5) is 0 Å². The smallest absolute Gasteiger partial charge is 0.330 e. The average molecular weight is 548 g/mol. The van der Waals surface area contributed by atoms with Gasteiger partial charge in [0, 0.05) is 43.2 Å². The number of aliphatic hydroxyl groups excluding tert-OH is 1. The summed E-state index contributed by atoms with van der Waals surface area (Å²) in [7, 11) is 1.59. The Hall–Kier alpha value is -3.66. The lowest BCUT2D eigenvalue weighted by molar-refractivity contribution is -0.137. The predicted octanol–water partition coefficient (Wildman–Crippen LogP) is 3.88.